The zero-order chi connectivity index (χ0) is 22.6. The van der Waals surface area contributed by atoms with Crippen molar-refractivity contribution >= 4 is 5.91 Å². The van der Waals surface area contributed by atoms with E-state index in [2.05, 4.69) is 22.3 Å². The summed E-state index contributed by atoms with van der Waals surface area (Å²) in [4.78, 5) is 15.5. The number of nitrogens with zero attached hydrogens (tertiary/aromatic N) is 1. The summed E-state index contributed by atoms with van der Waals surface area (Å²) >= 11 is 0. The molecule has 2 fully saturated rings. The van der Waals surface area contributed by atoms with Crippen molar-refractivity contribution in [2.75, 3.05) is 33.9 Å². The van der Waals surface area contributed by atoms with Crippen LogP contribution in [-0.2, 0) is 11.2 Å². The molecule has 1 aromatic rings. The van der Waals surface area contributed by atoms with Crippen LogP contribution < -0.4 is 14.8 Å². The number of rotatable bonds is 7. The average molecular weight is 445 g/mol. The molecular weight excluding hydrogens is 404 g/mol. The number of amides is 1. The van der Waals surface area contributed by atoms with Crippen LogP contribution in [0, 0.1) is 5.92 Å². The van der Waals surface area contributed by atoms with E-state index in [1.165, 1.54) is 36.8 Å². The van der Waals surface area contributed by atoms with E-state index >= 15 is 0 Å². The molecule has 0 saturated heterocycles. The van der Waals surface area contributed by atoms with Gasteiger partial charge in [0.1, 0.15) is 0 Å². The Kier molecular flexibility index (Phi) is 7.62. The van der Waals surface area contributed by atoms with E-state index in [1.54, 1.807) is 14.2 Å². The van der Waals surface area contributed by atoms with Crippen molar-refractivity contribution in [2.45, 2.75) is 82.3 Å². The quantitative estimate of drug-likeness (QED) is 0.665. The molecule has 178 valence electrons. The largest absolute Gasteiger partial charge is 0.493 e. The normalized spacial score (nSPS) is 23.5. The van der Waals surface area contributed by atoms with Gasteiger partial charge in [-0.2, -0.15) is 0 Å². The second-order valence-electron chi connectivity index (χ2n) is 9.97. The summed E-state index contributed by atoms with van der Waals surface area (Å²) in [5, 5.41) is 14.1. The number of carbonyl (C=O) groups excluding carboxylic acids is 1. The standard InChI is InChI=1S/C26H40N2O4/c1-31-22-15-20-11-14-28(24(29)17-27-18-26(30)12-7-4-8-13-26)25(19-9-5-3-6-10-19)21(20)16-23(22)32-2/h15-16,19,25,27,30H,3-14,17-18H2,1-2H3. The lowest BCUT2D eigenvalue weighted by Gasteiger charge is -2.43. The average Bonchev–Trinajstić information content (AvgIpc) is 2.83. The van der Waals surface area contributed by atoms with E-state index in [0.717, 1.165) is 63.0 Å². The van der Waals surface area contributed by atoms with Crippen molar-refractivity contribution in [3.05, 3.63) is 23.3 Å². The second kappa shape index (κ2) is 10.4. The highest BCUT2D eigenvalue weighted by molar-refractivity contribution is 5.79. The first-order valence-electron chi connectivity index (χ1n) is 12.5. The number of hydrogen-bond donors (Lipinski definition) is 2. The maximum absolute atomic E-state index is 13.4. The molecule has 0 bridgehead atoms. The van der Waals surface area contributed by atoms with Crippen LogP contribution in [0.4, 0.5) is 0 Å². The summed E-state index contributed by atoms with van der Waals surface area (Å²) in [6.07, 6.45) is 11.9. The molecule has 1 unspecified atom stereocenters. The number of nitrogens with one attached hydrogen (secondary N) is 1. The maximum Gasteiger partial charge on any atom is 0.237 e. The Morgan fingerprint density at radius 1 is 1.06 bits per heavy atom. The molecule has 1 atom stereocenters. The molecule has 6 nitrogen and oxygen atoms in total. The summed E-state index contributed by atoms with van der Waals surface area (Å²) in [7, 11) is 3.35. The second-order valence-corrected chi connectivity index (χ2v) is 9.97. The van der Waals surface area contributed by atoms with Crippen molar-refractivity contribution in [2.24, 2.45) is 5.92 Å². The van der Waals surface area contributed by atoms with E-state index in [4.69, 9.17) is 9.47 Å². The van der Waals surface area contributed by atoms with E-state index in [-0.39, 0.29) is 18.5 Å². The number of hydrogen-bond acceptors (Lipinski definition) is 5. The van der Waals surface area contributed by atoms with Gasteiger partial charge < -0.3 is 24.8 Å². The molecule has 2 N–H and O–H groups in total. The number of benzene rings is 1. The first-order valence-corrected chi connectivity index (χ1v) is 12.5. The van der Waals surface area contributed by atoms with E-state index < -0.39 is 5.60 Å². The first-order chi connectivity index (χ1) is 15.5. The van der Waals surface area contributed by atoms with Gasteiger partial charge in [0, 0.05) is 13.1 Å². The molecule has 32 heavy (non-hydrogen) atoms. The van der Waals surface area contributed by atoms with Gasteiger partial charge in [-0.15, -0.1) is 0 Å². The lowest BCUT2D eigenvalue weighted by molar-refractivity contribution is -0.135. The van der Waals surface area contributed by atoms with Crippen molar-refractivity contribution in [3.63, 3.8) is 0 Å². The number of carbonyl (C=O) groups is 1. The van der Waals surface area contributed by atoms with Gasteiger partial charge >= 0.3 is 0 Å². The van der Waals surface area contributed by atoms with Crippen LogP contribution in [0.15, 0.2) is 12.1 Å². The molecule has 0 spiro atoms. The van der Waals surface area contributed by atoms with Gasteiger partial charge in [0.15, 0.2) is 11.5 Å². The molecule has 0 aromatic heterocycles. The monoisotopic (exact) mass is 444 g/mol. The Morgan fingerprint density at radius 2 is 1.72 bits per heavy atom. The number of fused-ring (bicyclic) bond motifs is 1. The number of methoxy groups -OCH3 is 2. The third kappa shape index (κ3) is 5.07. The molecule has 6 heteroatoms. The highest BCUT2D eigenvalue weighted by Crippen LogP contribution is 2.45. The third-order valence-electron chi connectivity index (χ3n) is 7.85. The van der Waals surface area contributed by atoms with Crippen LogP contribution in [0.25, 0.3) is 0 Å². The number of aliphatic hydroxyl groups is 1. The van der Waals surface area contributed by atoms with Crippen LogP contribution >= 0.6 is 0 Å². The Hall–Kier alpha value is -1.79. The molecule has 2 saturated carbocycles. The predicted molar refractivity (Wildman–Crippen MR) is 125 cm³/mol. The van der Waals surface area contributed by atoms with Crippen LogP contribution in [0.2, 0.25) is 0 Å². The zero-order valence-corrected chi connectivity index (χ0v) is 19.8. The molecular formula is C26H40N2O4. The highest BCUT2D eigenvalue weighted by atomic mass is 16.5. The molecule has 1 aromatic carbocycles. The van der Waals surface area contributed by atoms with E-state index in [1.807, 2.05) is 0 Å². The van der Waals surface area contributed by atoms with Gasteiger partial charge in [-0.3, -0.25) is 4.79 Å². The summed E-state index contributed by atoms with van der Waals surface area (Å²) in [5.74, 6) is 2.11. The van der Waals surface area contributed by atoms with Crippen LogP contribution in [0.5, 0.6) is 11.5 Å². The Bertz CT molecular complexity index is 784. The fourth-order valence-corrected chi connectivity index (χ4v) is 6.10. The van der Waals surface area contributed by atoms with Gasteiger partial charge in [0.05, 0.1) is 32.4 Å². The fraction of sp³-hybridized carbons (Fsp3) is 0.731. The van der Waals surface area contributed by atoms with Crippen LogP contribution in [0.3, 0.4) is 0 Å². The Morgan fingerprint density at radius 3 is 2.41 bits per heavy atom. The number of ether oxygens (including phenoxy) is 2. The molecule has 3 aliphatic rings. The molecule has 2 aliphatic carbocycles. The SMILES string of the molecule is COc1cc2c(cc1OC)C(C1CCCCC1)N(C(=O)CNCC1(O)CCCCC1)CC2. The highest BCUT2D eigenvalue weighted by Gasteiger charge is 2.38. The summed E-state index contributed by atoms with van der Waals surface area (Å²) < 4.78 is 11.1. The lowest BCUT2D eigenvalue weighted by atomic mass is 9.77. The maximum atomic E-state index is 13.4. The molecule has 1 heterocycles. The summed E-state index contributed by atoms with van der Waals surface area (Å²) in [6, 6.07) is 4.29. The minimum atomic E-state index is -0.653. The smallest absolute Gasteiger partial charge is 0.237 e. The minimum Gasteiger partial charge on any atom is -0.493 e. The van der Waals surface area contributed by atoms with Crippen molar-refractivity contribution in [1.29, 1.82) is 0 Å². The zero-order valence-electron chi connectivity index (χ0n) is 19.8. The van der Waals surface area contributed by atoms with Crippen LogP contribution in [-0.4, -0.2) is 55.4 Å². The van der Waals surface area contributed by atoms with Gasteiger partial charge in [0.25, 0.3) is 0 Å². The van der Waals surface area contributed by atoms with Crippen molar-refractivity contribution in [1.82, 2.24) is 10.2 Å². The predicted octanol–water partition coefficient (Wildman–Crippen LogP) is 3.99. The van der Waals surface area contributed by atoms with Gasteiger partial charge in [-0.1, -0.05) is 38.5 Å². The molecule has 0 radical (unpaired) electrons. The topological polar surface area (TPSA) is 71.0 Å². The molecule has 1 aliphatic heterocycles. The molecule has 1 amide bonds. The van der Waals surface area contributed by atoms with Gasteiger partial charge in [-0.05, 0) is 61.3 Å². The summed E-state index contributed by atoms with van der Waals surface area (Å²) in [5.41, 5.74) is 1.84. The lowest BCUT2D eigenvalue weighted by Crippen LogP contribution is -2.49. The van der Waals surface area contributed by atoms with E-state index in [0.29, 0.717) is 12.5 Å². The van der Waals surface area contributed by atoms with Gasteiger partial charge in [0.2, 0.25) is 5.91 Å². The van der Waals surface area contributed by atoms with Crippen molar-refractivity contribution < 1.29 is 19.4 Å². The van der Waals surface area contributed by atoms with Gasteiger partial charge in [-0.25, -0.2) is 0 Å². The van der Waals surface area contributed by atoms with Crippen molar-refractivity contribution in [3.8, 4) is 11.5 Å². The van der Waals surface area contributed by atoms with E-state index in [9.17, 15) is 9.90 Å². The Balaban J connectivity index is 1.52. The fourth-order valence-electron chi connectivity index (χ4n) is 6.10. The third-order valence-corrected chi connectivity index (χ3v) is 7.85. The summed E-state index contributed by atoms with van der Waals surface area (Å²) in [6.45, 7) is 1.52. The first kappa shape index (κ1) is 23.4. The van der Waals surface area contributed by atoms with Crippen LogP contribution in [0.1, 0.15) is 81.4 Å². The minimum absolute atomic E-state index is 0.0888. The Labute approximate surface area is 192 Å². The molecule has 4 rings (SSSR count).